The number of carbonyl (C=O) groups excluding carboxylic acids is 1. The Labute approximate surface area is 146 Å². The van der Waals surface area contributed by atoms with Gasteiger partial charge in [0.05, 0.1) is 6.54 Å². The molecule has 2 heterocycles. The minimum atomic E-state index is 0. The van der Waals surface area contributed by atoms with Gasteiger partial charge in [0.25, 0.3) is 0 Å². The van der Waals surface area contributed by atoms with E-state index in [0.717, 1.165) is 49.2 Å². The first kappa shape index (κ1) is 17.5. The molecule has 0 aromatic carbocycles. The molecule has 6 unspecified atom stereocenters. The maximum atomic E-state index is 12.4. The lowest BCUT2D eigenvalue weighted by molar-refractivity contribution is -0.123. The fraction of sp³-hybridized carbons (Fsp3) is 0.944. The van der Waals surface area contributed by atoms with Gasteiger partial charge in [-0.1, -0.05) is 6.42 Å². The molecule has 23 heavy (non-hydrogen) atoms. The van der Waals surface area contributed by atoms with Crippen LogP contribution in [-0.2, 0) is 4.79 Å². The van der Waals surface area contributed by atoms with Crippen LogP contribution in [0, 0.1) is 29.6 Å². The van der Waals surface area contributed by atoms with Crippen molar-refractivity contribution in [1.82, 2.24) is 15.5 Å². The molecule has 2 bridgehead atoms. The van der Waals surface area contributed by atoms with E-state index in [0.29, 0.717) is 12.6 Å². The highest BCUT2D eigenvalue weighted by Crippen LogP contribution is 2.49. The summed E-state index contributed by atoms with van der Waals surface area (Å²) in [6.07, 6.45) is 6.87. The van der Waals surface area contributed by atoms with Gasteiger partial charge >= 0.3 is 0 Å². The number of carbonyl (C=O) groups is 1. The van der Waals surface area contributed by atoms with Crippen LogP contribution >= 0.6 is 12.4 Å². The minimum absolute atomic E-state index is 0. The molecule has 6 atom stereocenters. The highest BCUT2D eigenvalue weighted by Gasteiger charge is 2.42. The number of hydrogen-bond donors (Lipinski definition) is 2. The van der Waals surface area contributed by atoms with Gasteiger partial charge in [-0.2, -0.15) is 0 Å². The average molecular weight is 342 g/mol. The SMILES string of the molecule is CC(NC(=O)CN1CCC2CNCC2C1)C1CC2CCC1C2.Cl. The molecule has 0 aromatic rings. The Bertz CT molecular complexity index is 432. The molecule has 5 heteroatoms. The van der Waals surface area contributed by atoms with Crippen molar-refractivity contribution in [2.45, 2.75) is 45.1 Å². The monoisotopic (exact) mass is 341 g/mol. The number of nitrogens with one attached hydrogen (secondary N) is 2. The largest absolute Gasteiger partial charge is 0.352 e. The van der Waals surface area contributed by atoms with Crippen molar-refractivity contribution < 1.29 is 4.79 Å². The molecule has 4 fully saturated rings. The number of piperidine rings is 1. The van der Waals surface area contributed by atoms with Gasteiger partial charge in [0.1, 0.15) is 0 Å². The number of halogens is 1. The highest BCUT2D eigenvalue weighted by molar-refractivity contribution is 5.85. The molecule has 2 N–H and O–H groups in total. The van der Waals surface area contributed by atoms with E-state index in [2.05, 4.69) is 22.5 Å². The Balaban J connectivity index is 0.00000156. The molecule has 0 spiro atoms. The first-order valence-corrected chi connectivity index (χ1v) is 9.41. The first-order chi connectivity index (χ1) is 10.7. The van der Waals surface area contributed by atoms with E-state index in [1.54, 1.807) is 0 Å². The third kappa shape index (κ3) is 3.69. The quantitative estimate of drug-likeness (QED) is 0.820. The van der Waals surface area contributed by atoms with Crippen LogP contribution in [0.25, 0.3) is 0 Å². The normalized spacial score (nSPS) is 40.5. The number of rotatable bonds is 4. The first-order valence-electron chi connectivity index (χ1n) is 9.41. The lowest BCUT2D eigenvalue weighted by Gasteiger charge is -2.34. The van der Waals surface area contributed by atoms with Gasteiger partial charge in [-0.05, 0) is 81.8 Å². The van der Waals surface area contributed by atoms with E-state index in [1.807, 2.05) is 0 Å². The molecular formula is C18H32ClN3O. The maximum absolute atomic E-state index is 12.4. The van der Waals surface area contributed by atoms with Crippen LogP contribution in [0.15, 0.2) is 0 Å². The Morgan fingerprint density at radius 2 is 2.00 bits per heavy atom. The molecule has 1 amide bonds. The average Bonchev–Trinajstić information content (AvgIpc) is 3.22. The van der Waals surface area contributed by atoms with E-state index in [1.165, 1.54) is 38.6 Å². The Morgan fingerprint density at radius 3 is 2.74 bits per heavy atom. The molecule has 4 rings (SSSR count). The highest BCUT2D eigenvalue weighted by atomic mass is 35.5. The molecule has 2 saturated carbocycles. The second-order valence-corrected chi connectivity index (χ2v) is 8.40. The standard InChI is InChI=1S/C18H31N3O.ClH/c1-12(17-7-13-2-3-14(17)6-13)20-18(22)11-21-5-4-15-8-19-9-16(15)10-21;/h12-17,19H,2-11H2,1H3,(H,20,22);1H. The van der Waals surface area contributed by atoms with Gasteiger partial charge < -0.3 is 10.6 Å². The van der Waals surface area contributed by atoms with Gasteiger partial charge in [-0.15, -0.1) is 12.4 Å². The second-order valence-electron chi connectivity index (χ2n) is 8.40. The van der Waals surface area contributed by atoms with Crippen LogP contribution in [0.5, 0.6) is 0 Å². The summed E-state index contributed by atoms with van der Waals surface area (Å²) in [5.74, 6) is 4.47. The van der Waals surface area contributed by atoms with Gasteiger partial charge in [0.15, 0.2) is 0 Å². The number of amides is 1. The number of nitrogens with zero attached hydrogens (tertiary/aromatic N) is 1. The molecule has 2 aliphatic carbocycles. The predicted molar refractivity (Wildman–Crippen MR) is 94.7 cm³/mol. The van der Waals surface area contributed by atoms with Crippen molar-refractivity contribution in [3.8, 4) is 0 Å². The summed E-state index contributed by atoms with van der Waals surface area (Å²) in [5, 5.41) is 6.81. The van der Waals surface area contributed by atoms with Crippen LogP contribution in [0.1, 0.15) is 39.0 Å². The smallest absolute Gasteiger partial charge is 0.234 e. The minimum Gasteiger partial charge on any atom is -0.352 e. The number of fused-ring (bicyclic) bond motifs is 3. The molecule has 0 aromatic heterocycles. The van der Waals surface area contributed by atoms with Crippen molar-refractivity contribution >= 4 is 18.3 Å². The zero-order valence-electron chi connectivity index (χ0n) is 14.3. The van der Waals surface area contributed by atoms with E-state index in [-0.39, 0.29) is 18.3 Å². The van der Waals surface area contributed by atoms with E-state index in [4.69, 9.17) is 0 Å². The maximum Gasteiger partial charge on any atom is 0.234 e. The van der Waals surface area contributed by atoms with Gasteiger partial charge in [-0.3, -0.25) is 9.69 Å². The van der Waals surface area contributed by atoms with Crippen molar-refractivity contribution in [3.05, 3.63) is 0 Å². The van der Waals surface area contributed by atoms with Gasteiger partial charge in [0.2, 0.25) is 5.91 Å². The van der Waals surface area contributed by atoms with Crippen molar-refractivity contribution in [2.75, 3.05) is 32.7 Å². The predicted octanol–water partition coefficient (Wildman–Crippen LogP) is 1.89. The topological polar surface area (TPSA) is 44.4 Å². The molecule has 132 valence electrons. The van der Waals surface area contributed by atoms with Gasteiger partial charge in [-0.25, -0.2) is 0 Å². The van der Waals surface area contributed by atoms with Crippen molar-refractivity contribution in [1.29, 1.82) is 0 Å². The van der Waals surface area contributed by atoms with E-state index in [9.17, 15) is 4.79 Å². The molecule has 4 aliphatic rings. The summed E-state index contributed by atoms with van der Waals surface area (Å²) in [7, 11) is 0. The third-order valence-corrected chi connectivity index (χ3v) is 6.98. The Hall–Kier alpha value is -0.320. The van der Waals surface area contributed by atoms with E-state index >= 15 is 0 Å². The van der Waals surface area contributed by atoms with Crippen LogP contribution in [0.4, 0.5) is 0 Å². The van der Waals surface area contributed by atoms with Crippen LogP contribution in [0.2, 0.25) is 0 Å². The fourth-order valence-electron chi connectivity index (χ4n) is 5.77. The Kier molecular flexibility index (Phi) is 5.54. The van der Waals surface area contributed by atoms with Crippen molar-refractivity contribution in [3.63, 3.8) is 0 Å². The third-order valence-electron chi connectivity index (χ3n) is 6.98. The molecule has 2 aliphatic heterocycles. The number of likely N-dealkylation sites (tertiary alicyclic amines) is 1. The molecule has 4 nitrogen and oxygen atoms in total. The molecular weight excluding hydrogens is 310 g/mol. The summed E-state index contributed by atoms with van der Waals surface area (Å²) in [6.45, 7) is 7.37. The summed E-state index contributed by atoms with van der Waals surface area (Å²) >= 11 is 0. The summed E-state index contributed by atoms with van der Waals surface area (Å²) in [4.78, 5) is 14.8. The fourth-order valence-corrected chi connectivity index (χ4v) is 5.77. The van der Waals surface area contributed by atoms with Crippen LogP contribution in [-0.4, -0.2) is 49.6 Å². The number of hydrogen-bond acceptors (Lipinski definition) is 3. The Morgan fingerprint density at radius 1 is 1.17 bits per heavy atom. The van der Waals surface area contributed by atoms with E-state index < -0.39 is 0 Å². The zero-order chi connectivity index (χ0) is 15.1. The second kappa shape index (κ2) is 7.28. The lowest BCUT2D eigenvalue weighted by atomic mass is 9.84. The molecule has 0 radical (unpaired) electrons. The van der Waals surface area contributed by atoms with Crippen LogP contribution < -0.4 is 10.6 Å². The summed E-state index contributed by atoms with van der Waals surface area (Å²) in [6, 6.07) is 0.369. The van der Waals surface area contributed by atoms with Crippen LogP contribution in [0.3, 0.4) is 0 Å². The summed E-state index contributed by atoms with van der Waals surface area (Å²) in [5.41, 5.74) is 0. The lowest BCUT2D eigenvalue weighted by Crippen LogP contribution is -2.48. The van der Waals surface area contributed by atoms with Crippen molar-refractivity contribution in [2.24, 2.45) is 29.6 Å². The zero-order valence-corrected chi connectivity index (χ0v) is 15.1. The molecule has 2 saturated heterocycles. The van der Waals surface area contributed by atoms with Gasteiger partial charge in [0, 0.05) is 12.6 Å². The summed E-state index contributed by atoms with van der Waals surface area (Å²) < 4.78 is 0.